The maximum atomic E-state index is 12.0. The first-order valence-electron chi connectivity index (χ1n) is 8.24. The fourth-order valence-corrected chi connectivity index (χ4v) is 3.00. The van der Waals surface area contributed by atoms with Gasteiger partial charge in [0.1, 0.15) is 0 Å². The molecule has 1 unspecified atom stereocenters. The molecule has 3 rings (SSSR count). The van der Waals surface area contributed by atoms with Crippen molar-refractivity contribution in [3.8, 4) is 0 Å². The van der Waals surface area contributed by atoms with Crippen LogP contribution in [0, 0.1) is 0 Å². The first kappa shape index (κ1) is 18.2. The third kappa shape index (κ3) is 5.46. The fourth-order valence-electron chi connectivity index (χ4n) is 3.00. The largest absolute Gasteiger partial charge is 0.379 e. The molecule has 2 fully saturated rings. The van der Waals surface area contributed by atoms with Crippen molar-refractivity contribution in [3.05, 3.63) is 29.8 Å². The minimum atomic E-state index is -0.0269. The minimum absolute atomic E-state index is 0. The lowest BCUT2D eigenvalue weighted by Crippen LogP contribution is -2.37. The molecule has 128 valence electrons. The number of nitrogens with zero attached hydrogens (tertiary/aromatic N) is 1. The second-order valence-electron chi connectivity index (χ2n) is 6.04. The highest BCUT2D eigenvalue weighted by Gasteiger charge is 2.21. The number of hydrogen-bond donors (Lipinski definition) is 2. The van der Waals surface area contributed by atoms with E-state index in [1.807, 2.05) is 12.1 Å². The average Bonchev–Trinajstić information content (AvgIpc) is 3.10. The maximum absolute atomic E-state index is 12.0. The van der Waals surface area contributed by atoms with Gasteiger partial charge in [-0.1, -0.05) is 12.1 Å². The molecule has 1 atom stereocenters. The van der Waals surface area contributed by atoms with Crippen LogP contribution in [0.15, 0.2) is 24.3 Å². The van der Waals surface area contributed by atoms with Crippen molar-refractivity contribution in [2.24, 2.45) is 0 Å². The molecule has 1 amide bonds. The van der Waals surface area contributed by atoms with Gasteiger partial charge in [0.2, 0.25) is 5.91 Å². The van der Waals surface area contributed by atoms with Gasteiger partial charge < -0.3 is 15.4 Å². The minimum Gasteiger partial charge on any atom is -0.379 e. The van der Waals surface area contributed by atoms with Crippen molar-refractivity contribution >= 4 is 24.0 Å². The van der Waals surface area contributed by atoms with Crippen LogP contribution in [-0.2, 0) is 16.0 Å². The number of benzene rings is 1. The van der Waals surface area contributed by atoms with Crippen LogP contribution in [0.3, 0.4) is 0 Å². The summed E-state index contributed by atoms with van der Waals surface area (Å²) in [6.07, 6.45) is 3.06. The van der Waals surface area contributed by atoms with Crippen molar-refractivity contribution in [1.29, 1.82) is 0 Å². The molecule has 1 aromatic rings. The maximum Gasteiger partial charge on any atom is 0.241 e. The molecule has 0 saturated carbocycles. The predicted molar refractivity (Wildman–Crippen MR) is 94.3 cm³/mol. The summed E-state index contributed by atoms with van der Waals surface area (Å²) in [6.45, 7) is 5.77. The van der Waals surface area contributed by atoms with Gasteiger partial charge in [-0.05, 0) is 43.5 Å². The van der Waals surface area contributed by atoms with E-state index in [-0.39, 0.29) is 24.4 Å². The molecule has 0 aliphatic carbocycles. The summed E-state index contributed by atoms with van der Waals surface area (Å²) in [5.41, 5.74) is 2.19. The first-order chi connectivity index (χ1) is 10.8. The van der Waals surface area contributed by atoms with Gasteiger partial charge >= 0.3 is 0 Å². The Labute approximate surface area is 144 Å². The number of carbonyl (C=O) groups excluding carboxylic acids is 1. The standard InChI is InChI=1S/C17H25N3O2.ClH/c21-17(16-2-1-8-18-16)19-15-5-3-14(4-6-15)7-9-20-10-12-22-13-11-20;/h3-6,16,18H,1-2,7-13H2,(H,19,21);1H. The molecular formula is C17H26ClN3O2. The van der Waals surface area contributed by atoms with E-state index in [2.05, 4.69) is 27.7 Å². The highest BCUT2D eigenvalue weighted by Crippen LogP contribution is 2.13. The van der Waals surface area contributed by atoms with E-state index in [0.29, 0.717) is 0 Å². The highest BCUT2D eigenvalue weighted by atomic mass is 35.5. The van der Waals surface area contributed by atoms with Gasteiger partial charge in [-0.2, -0.15) is 0 Å². The van der Waals surface area contributed by atoms with E-state index < -0.39 is 0 Å². The van der Waals surface area contributed by atoms with E-state index in [0.717, 1.165) is 64.3 Å². The molecule has 5 nitrogen and oxygen atoms in total. The zero-order valence-electron chi connectivity index (χ0n) is 13.4. The zero-order valence-corrected chi connectivity index (χ0v) is 14.2. The molecule has 2 heterocycles. The van der Waals surface area contributed by atoms with Crippen molar-refractivity contribution < 1.29 is 9.53 Å². The quantitative estimate of drug-likeness (QED) is 0.857. The molecule has 6 heteroatoms. The third-order valence-electron chi connectivity index (χ3n) is 4.42. The smallest absolute Gasteiger partial charge is 0.241 e. The summed E-state index contributed by atoms with van der Waals surface area (Å²) in [7, 11) is 0. The van der Waals surface area contributed by atoms with Crippen LogP contribution < -0.4 is 10.6 Å². The predicted octanol–water partition coefficient (Wildman–Crippen LogP) is 1.67. The molecule has 23 heavy (non-hydrogen) atoms. The molecule has 2 aliphatic rings. The lowest BCUT2D eigenvalue weighted by molar-refractivity contribution is -0.117. The van der Waals surface area contributed by atoms with Crippen molar-refractivity contribution in [3.63, 3.8) is 0 Å². The van der Waals surface area contributed by atoms with E-state index >= 15 is 0 Å². The summed E-state index contributed by atoms with van der Waals surface area (Å²) >= 11 is 0. The lowest BCUT2D eigenvalue weighted by atomic mass is 10.1. The van der Waals surface area contributed by atoms with Gasteiger partial charge in [-0.25, -0.2) is 0 Å². The van der Waals surface area contributed by atoms with E-state index in [1.165, 1.54) is 5.56 Å². The van der Waals surface area contributed by atoms with Gasteiger partial charge in [0.25, 0.3) is 0 Å². The lowest BCUT2D eigenvalue weighted by Gasteiger charge is -2.26. The van der Waals surface area contributed by atoms with Crippen LogP contribution in [0.2, 0.25) is 0 Å². The van der Waals surface area contributed by atoms with Crippen LogP contribution in [0.1, 0.15) is 18.4 Å². The van der Waals surface area contributed by atoms with Crippen molar-refractivity contribution in [1.82, 2.24) is 10.2 Å². The molecule has 2 N–H and O–H groups in total. The fraction of sp³-hybridized carbons (Fsp3) is 0.588. The molecular weight excluding hydrogens is 314 g/mol. The second-order valence-corrected chi connectivity index (χ2v) is 6.04. The number of ether oxygens (including phenoxy) is 1. The van der Waals surface area contributed by atoms with Gasteiger partial charge in [-0.15, -0.1) is 12.4 Å². The summed E-state index contributed by atoms with van der Waals surface area (Å²) < 4.78 is 5.36. The number of carbonyl (C=O) groups is 1. The Balaban J connectivity index is 0.00000192. The Morgan fingerprint density at radius 2 is 2.00 bits per heavy atom. The van der Waals surface area contributed by atoms with E-state index in [4.69, 9.17) is 4.74 Å². The van der Waals surface area contributed by atoms with Crippen LogP contribution in [0.5, 0.6) is 0 Å². The molecule has 0 aromatic heterocycles. The Morgan fingerprint density at radius 3 is 2.65 bits per heavy atom. The van der Waals surface area contributed by atoms with Gasteiger partial charge in [0, 0.05) is 25.3 Å². The normalized spacial score (nSPS) is 21.7. The topological polar surface area (TPSA) is 53.6 Å². The first-order valence-corrected chi connectivity index (χ1v) is 8.24. The molecule has 0 spiro atoms. The zero-order chi connectivity index (χ0) is 15.2. The van der Waals surface area contributed by atoms with Crippen LogP contribution in [0.4, 0.5) is 5.69 Å². The van der Waals surface area contributed by atoms with Crippen LogP contribution in [0.25, 0.3) is 0 Å². The number of rotatable bonds is 5. The Kier molecular flexibility index (Phi) is 7.30. The number of morpholine rings is 1. The molecule has 1 aromatic carbocycles. The molecule has 0 bridgehead atoms. The SMILES string of the molecule is Cl.O=C(Nc1ccc(CCN2CCOCC2)cc1)C1CCCN1. The second kappa shape index (κ2) is 9.23. The molecule has 2 aliphatic heterocycles. The number of hydrogen-bond acceptors (Lipinski definition) is 4. The molecule has 2 saturated heterocycles. The Hall–Kier alpha value is -1.14. The van der Waals surface area contributed by atoms with Crippen molar-refractivity contribution in [2.45, 2.75) is 25.3 Å². The summed E-state index contributed by atoms with van der Waals surface area (Å²) in [6, 6.07) is 8.19. The Bertz CT molecular complexity index is 483. The van der Waals surface area contributed by atoms with Gasteiger partial charge in [0.05, 0.1) is 19.3 Å². The third-order valence-corrected chi connectivity index (χ3v) is 4.42. The highest BCUT2D eigenvalue weighted by molar-refractivity contribution is 5.95. The Morgan fingerprint density at radius 1 is 1.26 bits per heavy atom. The van der Waals surface area contributed by atoms with Crippen molar-refractivity contribution in [2.75, 3.05) is 44.7 Å². The molecule has 0 radical (unpaired) electrons. The van der Waals surface area contributed by atoms with Gasteiger partial charge in [0.15, 0.2) is 0 Å². The number of amides is 1. The number of halogens is 1. The number of anilines is 1. The van der Waals surface area contributed by atoms with Crippen LogP contribution in [-0.4, -0.2) is 56.2 Å². The average molecular weight is 340 g/mol. The van der Waals surface area contributed by atoms with E-state index in [9.17, 15) is 4.79 Å². The van der Waals surface area contributed by atoms with Gasteiger partial charge in [-0.3, -0.25) is 9.69 Å². The summed E-state index contributed by atoms with van der Waals surface area (Å²) in [4.78, 5) is 14.5. The summed E-state index contributed by atoms with van der Waals surface area (Å²) in [5, 5.41) is 6.21. The van der Waals surface area contributed by atoms with E-state index in [1.54, 1.807) is 0 Å². The number of nitrogens with one attached hydrogen (secondary N) is 2. The van der Waals surface area contributed by atoms with Crippen LogP contribution >= 0.6 is 12.4 Å². The monoisotopic (exact) mass is 339 g/mol. The summed E-state index contributed by atoms with van der Waals surface area (Å²) in [5.74, 6) is 0.0820.